The van der Waals surface area contributed by atoms with Crippen LogP contribution in [0.1, 0.15) is 39.0 Å². The third kappa shape index (κ3) is 4.48. The molecule has 3 rings (SSSR count). The second-order valence-electron chi connectivity index (χ2n) is 6.72. The van der Waals surface area contributed by atoms with Gasteiger partial charge in [-0.05, 0) is 42.4 Å². The van der Waals surface area contributed by atoms with E-state index < -0.39 is 5.97 Å². The maximum absolute atomic E-state index is 12.2. The fraction of sp³-hybridized carbons (Fsp3) is 0.400. The Morgan fingerprint density at radius 1 is 1.28 bits per heavy atom. The molecule has 0 radical (unpaired) electrons. The Hall–Kier alpha value is -2.14. The largest absolute Gasteiger partial charge is 0.451 e. The molecule has 0 aliphatic heterocycles. The molecule has 4 nitrogen and oxygen atoms in total. The molecule has 1 amide bonds. The number of hydrogen-bond acceptors (Lipinski definition) is 4. The number of aryl methyl sites for hydroxylation is 1. The molecule has 0 bridgehead atoms. The van der Waals surface area contributed by atoms with Crippen molar-refractivity contribution >= 4 is 23.2 Å². The summed E-state index contributed by atoms with van der Waals surface area (Å²) in [7, 11) is 1.72. The minimum Gasteiger partial charge on any atom is -0.451 e. The molecule has 0 fully saturated rings. The Bertz CT molecular complexity index is 754. The van der Waals surface area contributed by atoms with Gasteiger partial charge in [-0.25, -0.2) is 4.79 Å². The third-order valence-corrected chi connectivity index (χ3v) is 5.76. The molecule has 1 aliphatic rings. The van der Waals surface area contributed by atoms with Crippen molar-refractivity contribution in [2.24, 2.45) is 5.92 Å². The van der Waals surface area contributed by atoms with E-state index >= 15 is 0 Å². The van der Waals surface area contributed by atoms with Crippen LogP contribution in [-0.4, -0.2) is 30.4 Å². The van der Waals surface area contributed by atoms with E-state index in [2.05, 4.69) is 6.92 Å². The Balaban J connectivity index is 1.52. The Labute approximate surface area is 152 Å². The molecular formula is C20H23NO3S. The average molecular weight is 357 g/mol. The van der Waals surface area contributed by atoms with E-state index in [-0.39, 0.29) is 12.5 Å². The maximum Gasteiger partial charge on any atom is 0.348 e. The monoisotopic (exact) mass is 357 g/mol. The van der Waals surface area contributed by atoms with Crippen LogP contribution in [0.4, 0.5) is 0 Å². The van der Waals surface area contributed by atoms with Gasteiger partial charge in [0, 0.05) is 18.5 Å². The number of esters is 1. The SMILES string of the molecule is C[C@H]1CCc2sc(C(=O)OCC(=O)N(C)Cc3ccccc3)cc2C1. The normalized spacial score (nSPS) is 16.2. The number of fused-ring (bicyclic) bond motifs is 1. The first kappa shape index (κ1) is 17.7. The molecule has 0 spiro atoms. The van der Waals surface area contributed by atoms with E-state index in [0.29, 0.717) is 17.3 Å². The van der Waals surface area contributed by atoms with Gasteiger partial charge in [-0.1, -0.05) is 37.3 Å². The Kier molecular flexibility index (Phi) is 5.53. The fourth-order valence-electron chi connectivity index (χ4n) is 3.06. The number of likely N-dealkylation sites (N-methyl/N-ethyl adjacent to an activating group) is 1. The molecule has 0 saturated heterocycles. The minimum atomic E-state index is -0.395. The van der Waals surface area contributed by atoms with Crippen molar-refractivity contribution < 1.29 is 14.3 Å². The minimum absolute atomic E-state index is 0.202. The summed E-state index contributed by atoms with van der Waals surface area (Å²) in [6.45, 7) is 2.52. The number of nitrogens with zero attached hydrogens (tertiary/aromatic N) is 1. The summed E-state index contributed by atoms with van der Waals surface area (Å²) < 4.78 is 5.23. The van der Waals surface area contributed by atoms with Crippen molar-refractivity contribution in [3.63, 3.8) is 0 Å². The summed E-state index contributed by atoms with van der Waals surface area (Å²) >= 11 is 1.51. The number of benzene rings is 1. The number of hydrogen-bond donors (Lipinski definition) is 0. The van der Waals surface area contributed by atoms with Crippen LogP contribution in [0.2, 0.25) is 0 Å². The first-order valence-corrected chi connectivity index (χ1v) is 9.41. The molecule has 2 aromatic rings. The predicted octanol–water partition coefficient (Wildman–Crippen LogP) is 3.69. The van der Waals surface area contributed by atoms with E-state index in [0.717, 1.165) is 18.4 Å². The number of carbonyl (C=O) groups excluding carboxylic acids is 2. The average Bonchev–Trinajstić information content (AvgIpc) is 3.03. The molecule has 1 aromatic heterocycles. The lowest BCUT2D eigenvalue weighted by Crippen LogP contribution is -2.30. The van der Waals surface area contributed by atoms with E-state index in [9.17, 15) is 9.59 Å². The van der Waals surface area contributed by atoms with Gasteiger partial charge >= 0.3 is 5.97 Å². The van der Waals surface area contributed by atoms with Crippen molar-refractivity contribution in [3.8, 4) is 0 Å². The second kappa shape index (κ2) is 7.83. The van der Waals surface area contributed by atoms with Crippen molar-refractivity contribution in [1.29, 1.82) is 0 Å². The summed E-state index contributed by atoms with van der Waals surface area (Å²) in [5, 5.41) is 0. The zero-order valence-corrected chi connectivity index (χ0v) is 15.5. The van der Waals surface area contributed by atoms with Gasteiger partial charge < -0.3 is 9.64 Å². The Morgan fingerprint density at radius 2 is 2.04 bits per heavy atom. The van der Waals surface area contributed by atoms with Crippen LogP contribution in [0.25, 0.3) is 0 Å². The molecule has 1 aromatic carbocycles. The quantitative estimate of drug-likeness (QED) is 0.767. The number of ether oxygens (including phenoxy) is 1. The van der Waals surface area contributed by atoms with Crippen LogP contribution in [0.15, 0.2) is 36.4 Å². The second-order valence-corrected chi connectivity index (χ2v) is 7.86. The van der Waals surface area contributed by atoms with Gasteiger partial charge in [-0.15, -0.1) is 11.3 Å². The van der Waals surface area contributed by atoms with Gasteiger partial charge in [0.15, 0.2) is 6.61 Å². The van der Waals surface area contributed by atoms with Crippen LogP contribution in [-0.2, 0) is 28.9 Å². The first-order chi connectivity index (χ1) is 12.0. The molecule has 1 atom stereocenters. The van der Waals surface area contributed by atoms with Crippen LogP contribution >= 0.6 is 11.3 Å². The summed E-state index contributed by atoms with van der Waals surface area (Å²) in [5.74, 6) is 0.0693. The van der Waals surface area contributed by atoms with Gasteiger partial charge in [-0.3, -0.25) is 4.79 Å². The lowest BCUT2D eigenvalue weighted by molar-refractivity contribution is -0.133. The van der Waals surface area contributed by atoms with Crippen LogP contribution in [0.5, 0.6) is 0 Å². The summed E-state index contributed by atoms with van der Waals surface area (Å²) in [4.78, 5) is 27.9. The summed E-state index contributed by atoms with van der Waals surface area (Å²) in [6.07, 6.45) is 3.23. The molecule has 0 saturated carbocycles. The van der Waals surface area contributed by atoms with E-state index in [1.807, 2.05) is 36.4 Å². The van der Waals surface area contributed by atoms with Gasteiger partial charge in [0.1, 0.15) is 4.88 Å². The molecule has 25 heavy (non-hydrogen) atoms. The van der Waals surface area contributed by atoms with Gasteiger partial charge in [-0.2, -0.15) is 0 Å². The van der Waals surface area contributed by atoms with Crippen LogP contribution in [0, 0.1) is 5.92 Å². The fourth-order valence-corrected chi connectivity index (χ4v) is 4.16. The van der Waals surface area contributed by atoms with Crippen molar-refractivity contribution in [3.05, 3.63) is 57.3 Å². The van der Waals surface area contributed by atoms with Gasteiger partial charge in [0.05, 0.1) is 0 Å². The molecule has 0 unspecified atom stereocenters. The van der Waals surface area contributed by atoms with Crippen molar-refractivity contribution in [1.82, 2.24) is 4.90 Å². The third-order valence-electron chi connectivity index (χ3n) is 4.55. The molecule has 0 N–H and O–H groups in total. The van der Waals surface area contributed by atoms with Gasteiger partial charge in [0.2, 0.25) is 0 Å². The molecule has 132 valence electrons. The zero-order chi connectivity index (χ0) is 17.8. The van der Waals surface area contributed by atoms with E-state index in [1.165, 1.54) is 28.2 Å². The maximum atomic E-state index is 12.2. The lowest BCUT2D eigenvalue weighted by atomic mass is 9.90. The number of carbonyl (C=O) groups is 2. The standard InChI is InChI=1S/C20H23NO3S/c1-14-8-9-17-16(10-14)11-18(25-17)20(23)24-13-19(22)21(2)12-15-6-4-3-5-7-15/h3-7,11,14H,8-10,12-13H2,1-2H3/t14-/m0/s1. The van der Waals surface area contributed by atoms with Crippen molar-refractivity contribution in [2.45, 2.75) is 32.7 Å². The molecule has 1 aliphatic carbocycles. The first-order valence-electron chi connectivity index (χ1n) is 8.59. The molecule has 1 heterocycles. The molecule has 5 heteroatoms. The zero-order valence-electron chi connectivity index (χ0n) is 14.7. The summed E-state index contributed by atoms with van der Waals surface area (Å²) in [6, 6.07) is 11.7. The van der Waals surface area contributed by atoms with Crippen LogP contribution in [0.3, 0.4) is 0 Å². The highest BCUT2D eigenvalue weighted by molar-refractivity contribution is 7.14. The number of rotatable bonds is 5. The summed E-state index contributed by atoms with van der Waals surface area (Å²) in [5.41, 5.74) is 2.31. The lowest BCUT2D eigenvalue weighted by Gasteiger charge is -2.17. The smallest absolute Gasteiger partial charge is 0.348 e. The molecular weight excluding hydrogens is 334 g/mol. The number of amides is 1. The van der Waals surface area contributed by atoms with Crippen molar-refractivity contribution in [2.75, 3.05) is 13.7 Å². The van der Waals surface area contributed by atoms with Gasteiger partial charge in [0.25, 0.3) is 5.91 Å². The van der Waals surface area contributed by atoms with E-state index in [4.69, 9.17) is 4.74 Å². The number of thiophene rings is 1. The topological polar surface area (TPSA) is 46.6 Å². The highest BCUT2D eigenvalue weighted by atomic mass is 32.1. The van der Waals surface area contributed by atoms with Crippen LogP contribution < -0.4 is 0 Å². The van der Waals surface area contributed by atoms with E-state index in [1.54, 1.807) is 11.9 Å². The highest BCUT2D eigenvalue weighted by Gasteiger charge is 2.22. The Morgan fingerprint density at radius 3 is 2.80 bits per heavy atom. The highest BCUT2D eigenvalue weighted by Crippen LogP contribution is 2.32. The predicted molar refractivity (Wildman–Crippen MR) is 98.7 cm³/mol.